The zero-order valence-corrected chi connectivity index (χ0v) is 19.1. The molecule has 0 bridgehead atoms. The minimum Gasteiger partial charge on any atom is -0.461 e. The van der Waals surface area contributed by atoms with Crippen molar-refractivity contribution < 1.29 is 37.0 Å². The number of alkyl halides is 3. The van der Waals surface area contributed by atoms with Gasteiger partial charge in [0, 0.05) is 6.42 Å². The molecule has 0 aliphatic rings. The molecule has 0 radical (unpaired) electrons. The second-order valence-corrected chi connectivity index (χ2v) is 9.79. The highest BCUT2D eigenvalue weighted by Gasteiger charge is 2.38. The molecule has 2 atom stereocenters. The molecule has 0 heterocycles. The molecule has 0 aromatic heterocycles. The number of ether oxygens (including phenoxy) is 2. The topological polar surface area (TPSA) is 69.7 Å². The maximum atomic E-state index is 12.7. The number of rotatable bonds is 7. The first-order valence-corrected chi connectivity index (χ1v) is 9.98. The van der Waals surface area contributed by atoms with Gasteiger partial charge in [-0.2, -0.15) is 13.2 Å². The smallest absolute Gasteiger partial charge is 0.416 e. The Balaban J connectivity index is 3.05. The highest BCUT2D eigenvalue weighted by molar-refractivity contribution is 5.94. The predicted molar refractivity (Wildman–Crippen MR) is 109 cm³/mol. The van der Waals surface area contributed by atoms with E-state index >= 15 is 0 Å². The lowest BCUT2D eigenvalue weighted by molar-refractivity contribution is -0.159. The zero-order chi connectivity index (χ0) is 24.2. The summed E-state index contributed by atoms with van der Waals surface area (Å²) in [4.78, 5) is 35.9. The largest absolute Gasteiger partial charge is 0.461 e. The van der Waals surface area contributed by atoms with Crippen molar-refractivity contribution in [3.63, 3.8) is 0 Å². The molecule has 0 saturated heterocycles. The van der Waals surface area contributed by atoms with Crippen molar-refractivity contribution in [3.05, 3.63) is 35.4 Å². The fourth-order valence-electron chi connectivity index (χ4n) is 2.75. The number of ketones is 1. The number of halogens is 3. The Morgan fingerprint density at radius 2 is 1.29 bits per heavy atom. The summed E-state index contributed by atoms with van der Waals surface area (Å²) in [5.41, 5.74) is -1.92. The molecular formula is C23H31F3O5. The van der Waals surface area contributed by atoms with E-state index in [1.165, 1.54) is 6.92 Å². The Kier molecular flexibility index (Phi) is 8.45. The van der Waals surface area contributed by atoms with Crippen molar-refractivity contribution in [1.82, 2.24) is 0 Å². The Labute approximate surface area is 181 Å². The van der Waals surface area contributed by atoms with Crippen LogP contribution in [0, 0.1) is 10.8 Å². The van der Waals surface area contributed by atoms with Crippen LogP contribution >= 0.6 is 0 Å². The van der Waals surface area contributed by atoms with Crippen LogP contribution in [0.3, 0.4) is 0 Å². The highest BCUT2D eigenvalue weighted by Crippen LogP contribution is 2.34. The molecule has 8 heteroatoms. The van der Waals surface area contributed by atoms with Gasteiger partial charge in [0.05, 0.1) is 11.1 Å². The molecule has 0 aliphatic carbocycles. The molecule has 1 rings (SSSR count). The molecule has 0 N–H and O–H groups in total. The highest BCUT2D eigenvalue weighted by atomic mass is 19.4. The van der Waals surface area contributed by atoms with Crippen LogP contribution in [0.1, 0.15) is 77.2 Å². The first-order valence-electron chi connectivity index (χ1n) is 9.98. The summed E-state index contributed by atoms with van der Waals surface area (Å²) in [7, 11) is 0. The number of hydrogen-bond donors (Lipinski definition) is 0. The van der Waals surface area contributed by atoms with Crippen LogP contribution in [0.5, 0.6) is 0 Å². The average Bonchev–Trinajstić information content (AvgIpc) is 2.57. The summed E-state index contributed by atoms with van der Waals surface area (Å²) in [5, 5.41) is 0. The minimum atomic E-state index is -4.50. The third kappa shape index (κ3) is 8.71. The summed E-state index contributed by atoms with van der Waals surface area (Å²) in [5.74, 6) is -1.75. The van der Waals surface area contributed by atoms with Gasteiger partial charge in [0.1, 0.15) is 24.4 Å². The molecule has 2 unspecified atom stereocenters. The van der Waals surface area contributed by atoms with E-state index in [0.717, 1.165) is 24.3 Å². The maximum Gasteiger partial charge on any atom is 0.416 e. The number of Topliss-reactive ketones (excluding diaryl/α,β-unsaturated/α-hetero) is 1. The lowest BCUT2D eigenvalue weighted by Crippen LogP contribution is -2.41. The molecule has 0 fully saturated rings. The van der Waals surface area contributed by atoms with E-state index in [1.807, 2.05) is 41.5 Å². The van der Waals surface area contributed by atoms with Gasteiger partial charge in [0.2, 0.25) is 0 Å². The number of benzene rings is 1. The molecule has 0 spiro atoms. The van der Waals surface area contributed by atoms with E-state index in [2.05, 4.69) is 0 Å². The second-order valence-electron chi connectivity index (χ2n) is 9.79. The second kappa shape index (κ2) is 9.83. The molecule has 5 nitrogen and oxygen atoms in total. The average molecular weight is 444 g/mol. The van der Waals surface area contributed by atoms with Gasteiger partial charge in [-0.3, -0.25) is 9.59 Å². The maximum absolute atomic E-state index is 12.7. The molecule has 0 aliphatic heterocycles. The van der Waals surface area contributed by atoms with Gasteiger partial charge in [-0.05, 0) is 42.0 Å². The minimum absolute atomic E-state index is 0.0110. The fourth-order valence-corrected chi connectivity index (χ4v) is 2.75. The van der Waals surface area contributed by atoms with Crippen LogP contribution < -0.4 is 0 Å². The van der Waals surface area contributed by atoms with Gasteiger partial charge in [0.15, 0.2) is 0 Å². The van der Waals surface area contributed by atoms with Crippen LogP contribution in [-0.2, 0) is 25.2 Å². The molecule has 1 aromatic rings. The summed E-state index contributed by atoms with van der Waals surface area (Å²) < 4.78 is 49.4. The summed E-state index contributed by atoms with van der Waals surface area (Å²) in [6, 6.07) is 3.78. The quantitative estimate of drug-likeness (QED) is 0.404. The molecule has 0 amide bonds. The Morgan fingerprint density at radius 1 is 0.839 bits per heavy atom. The van der Waals surface area contributed by atoms with Crippen LogP contribution in [-0.4, -0.2) is 29.9 Å². The number of esters is 2. The first-order chi connectivity index (χ1) is 13.9. The van der Waals surface area contributed by atoms with Gasteiger partial charge in [-0.1, -0.05) is 41.5 Å². The van der Waals surface area contributed by atoms with Gasteiger partial charge in [0.25, 0.3) is 0 Å². The van der Waals surface area contributed by atoms with Crippen molar-refractivity contribution in [2.45, 2.75) is 79.7 Å². The number of carbonyl (C=O) groups is 3. The van der Waals surface area contributed by atoms with Crippen LogP contribution in [0.25, 0.3) is 0 Å². The van der Waals surface area contributed by atoms with E-state index in [9.17, 15) is 27.6 Å². The molecule has 31 heavy (non-hydrogen) atoms. The molecule has 1 aromatic carbocycles. The van der Waals surface area contributed by atoms with Crippen molar-refractivity contribution in [2.24, 2.45) is 10.8 Å². The molecule has 174 valence electrons. The Hall–Kier alpha value is -2.38. The third-order valence-electron chi connectivity index (χ3n) is 4.72. The van der Waals surface area contributed by atoms with Crippen molar-refractivity contribution >= 4 is 17.7 Å². The number of hydrogen-bond acceptors (Lipinski definition) is 5. The SMILES string of the molecule is CC(=O)CC(=O)OC(CC(OC(=O)c1ccc(C(F)(F)F)cc1)C(C)(C)C)C(C)(C)C. The Morgan fingerprint density at radius 3 is 1.68 bits per heavy atom. The van der Waals surface area contributed by atoms with Gasteiger partial charge >= 0.3 is 18.1 Å². The van der Waals surface area contributed by atoms with E-state index in [4.69, 9.17) is 9.47 Å². The lowest BCUT2D eigenvalue weighted by Gasteiger charge is -2.37. The van der Waals surface area contributed by atoms with Crippen molar-refractivity contribution in [2.75, 3.05) is 0 Å². The zero-order valence-electron chi connectivity index (χ0n) is 19.1. The van der Waals surface area contributed by atoms with Gasteiger partial charge < -0.3 is 9.47 Å². The van der Waals surface area contributed by atoms with Crippen molar-refractivity contribution in [3.8, 4) is 0 Å². The summed E-state index contributed by atoms with van der Waals surface area (Å²) in [6.07, 6.45) is -6.03. The van der Waals surface area contributed by atoms with Crippen LogP contribution in [0.15, 0.2) is 24.3 Å². The third-order valence-corrected chi connectivity index (χ3v) is 4.72. The lowest BCUT2D eigenvalue weighted by atomic mass is 9.79. The summed E-state index contributed by atoms with van der Waals surface area (Å²) >= 11 is 0. The van der Waals surface area contributed by atoms with E-state index in [-0.39, 0.29) is 24.2 Å². The first kappa shape index (κ1) is 26.7. The standard InChI is InChI=1S/C23H31F3O5/c1-14(27)12-19(28)30-17(21(2,3)4)13-18(22(5,6)7)31-20(29)15-8-10-16(11-9-15)23(24,25)26/h8-11,17-18H,12-13H2,1-7H3. The van der Waals surface area contributed by atoms with E-state index in [0.29, 0.717) is 0 Å². The number of carbonyl (C=O) groups excluding carboxylic acids is 3. The van der Waals surface area contributed by atoms with E-state index < -0.39 is 46.7 Å². The van der Waals surface area contributed by atoms with Crippen LogP contribution in [0.2, 0.25) is 0 Å². The summed E-state index contributed by atoms with van der Waals surface area (Å²) in [6.45, 7) is 12.4. The van der Waals surface area contributed by atoms with Gasteiger partial charge in [-0.15, -0.1) is 0 Å². The molecular weight excluding hydrogens is 413 g/mol. The van der Waals surface area contributed by atoms with Crippen molar-refractivity contribution in [1.29, 1.82) is 0 Å². The predicted octanol–water partition coefficient (Wildman–Crippen LogP) is 5.60. The van der Waals surface area contributed by atoms with Crippen LogP contribution in [0.4, 0.5) is 13.2 Å². The van der Waals surface area contributed by atoms with E-state index in [1.54, 1.807) is 0 Å². The fraction of sp³-hybridized carbons (Fsp3) is 0.609. The van der Waals surface area contributed by atoms with Gasteiger partial charge in [-0.25, -0.2) is 4.79 Å². The monoisotopic (exact) mass is 444 g/mol. The Bertz CT molecular complexity index is 783. The molecule has 0 saturated carbocycles. The normalized spacial score (nSPS) is 14.5.